The first-order valence-electron chi connectivity index (χ1n) is 4.68. The molecule has 0 saturated carbocycles. The van der Waals surface area contributed by atoms with Crippen molar-refractivity contribution in [2.24, 2.45) is 0 Å². The van der Waals surface area contributed by atoms with E-state index in [1.165, 1.54) is 12.1 Å². The van der Waals surface area contributed by atoms with Gasteiger partial charge in [-0.1, -0.05) is 6.07 Å². The van der Waals surface area contributed by atoms with E-state index in [0.717, 1.165) is 12.7 Å². The van der Waals surface area contributed by atoms with Crippen LogP contribution < -0.4 is 0 Å². The van der Waals surface area contributed by atoms with Crippen LogP contribution in [0.15, 0.2) is 22.7 Å². The van der Waals surface area contributed by atoms with Crippen LogP contribution in [0, 0.1) is 5.82 Å². The van der Waals surface area contributed by atoms with Crippen LogP contribution in [-0.2, 0) is 15.5 Å². The Morgan fingerprint density at radius 3 is 2.41 bits per heavy atom. The van der Waals surface area contributed by atoms with Gasteiger partial charge in [0, 0.05) is 13.7 Å². The van der Waals surface area contributed by atoms with E-state index in [1.807, 2.05) is 6.92 Å². The minimum Gasteiger partial charge on any atom is -0.385 e. The van der Waals surface area contributed by atoms with Gasteiger partial charge in [0.2, 0.25) is 0 Å². The van der Waals surface area contributed by atoms with Gasteiger partial charge in [0.05, 0.1) is 10.0 Å². The lowest BCUT2D eigenvalue weighted by molar-refractivity contribution is -0.130. The van der Waals surface area contributed by atoms with Crippen molar-refractivity contribution < 1.29 is 22.7 Å². The van der Waals surface area contributed by atoms with Crippen molar-refractivity contribution in [2.75, 3.05) is 13.7 Å². The smallest absolute Gasteiger partial charge is 0.330 e. The van der Waals surface area contributed by atoms with Crippen LogP contribution in [0.2, 0.25) is 0 Å². The van der Waals surface area contributed by atoms with Crippen LogP contribution in [-0.4, -0.2) is 20.0 Å². The molecule has 0 spiro atoms. The van der Waals surface area contributed by atoms with Gasteiger partial charge < -0.3 is 4.74 Å². The Kier molecular flexibility index (Phi) is 7.06. The highest BCUT2D eigenvalue weighted by molar-refractivity contribution is 9.10. The molecule has 0 N–H and O–H groups in total. The normalized spacial score (nSPS) is 10.5. The topological polar surface area (TPSA) is 26.3 Å². The van der Waals surface area contributed by atoms with Gasteiger partial charge >= 0.3 is 5.92 Å². The number of hydrogen-bond acceptors (Lipinski definition) is 2. The Morgan fingerprint density at radius 1 is 1.47 bits per heavy atom. The number of aldehydes is 1. The van der Waals surface area contributed by atoms with Crippen LogP contribution in [0.1, 0.15) is 12.5 Å². The largest absolute Gasteiger partial charge is 0.385 e. The van der Waals surface area contributed by atoms with Crippen LogP contribution in [0.4, 0.5) is 13.2 Å². The molecule has 6 heteroatoms. The third-order valence-corrected chi connectivity index (χ3v) is 2.36. The van der Waals surface area contributed by atoms with Gasteiger partial charge in [-0.2, -0.15) is 8.78 Å². The first kappa shape index (κ1) is 16.1. The van der Waals surface area contributed by atoms with Gasteiger partial charge in [-0.15, -0.1) is 0 Å². The second-order valence-electron chi connectivity index (χ2n) is 2.92. The summed E-state index contributed by atoms with van der Waals surface area (Å²) >= 11 is 2.74. The Balaban J connectivity index is 0.000000557. The van der Waals surface area contributed by atoms with E-state index in [4.69, 9.17) is 0 Å². The average molecular weight is 313 g/mol. The van der Waals surface area contributed by atoms with E-state index in [2.05, 4.69) is 20.7 Å². The Bertz CT molecular complexity index is 368. The fourth-order valence-corrected chi connectivity index (χ4v) is 1.19. The fourth-order valence-electron chi connectivity index (χ4n) is 0.825. The SMILES string of the molecule is CCOC.O=CC(F)(F)c1cccc(Br)c1F. The molecular formula is C11H12BrF3O2. The van der Waals surface area contributed by atoms with E-state index in [-0.39, 0.29) is 4.47 Å². The number of methoxy groups -OCH3 is 1. The van der Waals surface area contributed by atoms with Crippen molar-refractivity contribution in [1.29, 1.82) is 0 Å². The van der Waals surface area contributed by atoms with Crippen LogP contribution in [0.3, 0.4) is 0 Å². The van der Waals surface area contributed by atoms with Gasteiger partial charge in [0.15, 0.2) is 6.29 Å². The molecule has 0 aromatic heterocycles. The van der Waals surface area contributed by atoms with Crippen LogP contribution >= 0.6 is 15.9 Å². The lowest BCUT2D eigenvalue weighted by atomic mass is 10.1. The third-order valence-electron chi connectivity index (χ3n) is 1.75. The number of ether oxygens (including phenoxy) is 1. The molecule has 0 heterocycles. The Morgan fingerprint density at radius 2 is 2.00 bits per heavy atom. The molecule has 1 aromatic rings. The highest BCUT2D eigenvalue weighted by Gasteiger charge is 2.34. The second kappa shape index (κ2) is 7.45. The number of carbonyl (C=O) groups is 1. The number of benzene rings is 1. The molecule has 0 aliphatic rings. The summed E-state index contributed by atoms with van der Waals surface area (Å²) in [6, 6.07) is 3.38. The van der Waals surface area contributed by atoms with Crippen molar-refractivity contribution in [3.8, 4) is 0 Å². The van der Waals surface area contributed by atoms with Gasteiger partial charge in [-0.3, -0.25) is 4.79 Å². The summed E-state index contributed by atoms with van der Waals surface area (Å²) < 4.78 is 42.8. The maximum Gasteiger partial charge on any atom is 0.330 e. The molecule has 0 aliphatic carbocycles. The summed E-state index contributed by atoms with van der Waals surface area (Å²) in [5, 5.41) is 0. The molecule has 17 heavy (non-hydrogen) atoms. The Hall–Kier alpha value is -0.880. The minimum absolute atomic E-state index is 0.0912. The van der Waals surface area contributed by atoms with E-state index in [1.54, 1.807) is 7.11 Å². The number of halogens is 4. The van der Waals surface area contributed by atoms with Crippen LogP contribution in [0.25, 0.3) is 0 Å². The lowest BCUT2D eigenvalue weighted by Crippen LogP contribution is -2.16. The molecule has 0 radical (unpaired) electrons. The van der Waals surface area contributed by atoms with E-state index in [9.17, 15) is 18.0 Å². The fraction of sp³-hybridized carbons (Fsp3) is 0.364. The predicted octanol–water partition coefficient (Wildman–Crippen LogP) is 3.53. The van der Waals surface area contributed by atoms with Crippen molar-refractivity contribution in [3.63, 3.8) is 0 Å². The number of rotatable bonds is 3. The molecule has 0 fully saturated rings. The molecule has 1 aromatic carbocycles. The lowest BCUT2D eigenvalue weighted by Gasteiger charge is -2.10. The monoisotopic (exact) mass is 312 g/mol. The number of carbonyl (C=O) groups excluding carboxylic acids is 1. The summed E-state index contributed by atoms with van der Waals surface area (Å²) in [7, 11) is 1.68. The summed E-state index contributed by atoms with van der Waals surface area (Å²) in [5.74, 6) is -4.88. The molecule has 96 valence electrons. The molecule has 0 atom stereocenters. The van der Waals surface area contributed by atoms with Gasteiger partial charge in [-0.25, -0.2) is 4.39 Å². The van der Waals surface area contributed by atoms with Gasteiger partial charge in [0.1, 0.15) is 5.82 Å². The summed E-state index contributed by atoms with van der Waals surface area (Å²) in [6.07, 6.45) is -0.585. The molecule has 0 aliphatic heterocycles. The zero-order valence-electron chi connectivity index (χ0n) is 9.34. The quantitative estimate of drug-likeness (QED) is 0.798. The molecule has 0 unspecified atom stereocenters. The predicted molar refractivity (Wildman–Crippen MR) is 61.6 cm³/mol. The summed E-state index contributed by atoms with van der Waals surface area (Å²) in [6.45, 7) is 2.78. The number of hydrogen-bond donors (Lipinski definition) is 0. The zero-order valence-corrected chi connectivity index (χ0v) is 10.9. The van der Waals surface area contributed by atoms with E-state index < -0.39 is 23.6 Å². The molecule has 0 bridgehead atoms. The van der Waals surface area contributed by atoms with E-state index >= 15 is 0 Å². The number of alkyl halides is 2. The van der Waals surface area contributed by atoms with Crippen molar-refractivity contribution in [1.82, 2.24) is 0 Å². The molecular weight excluding hydrogens is 301 g/mol. The molecule has 0 amide bonds. The molecule has 1 rings (SSSR count). The highest BCUT2D eigenvalue weighted by Crippen LogP contribution is 2.30. The first-order chi connectivity index (χ1) is 7.90. The first-order valence-corrected chi connectivity index (χ1v) is 5.47. The maximum atomic E-state index is 13.0. The van der Waals surface area contributed by atoms with E-state index in [0.29, 0.717) is 0 Å². The van der Waals surface area contributed by atoms with Crippen LogP contribution in [0.5, 0.6) is 0 Å². The second-order valence-corrected chi connectivity index (χ2v) is 3.77. The highest BCUT2D eigenvalue weighted by atomic mass is 79.9. The van der Waals surface area contributed by atoms with Crippen molar-refractivity contribution >= 4 is 22.2 Å². The molecule has 0 saturated heterocycles. The molecule has 2 nitrogen and oxygen atoms in total. The van der Waals surface area contributed by atoms with Gasteiger partial charge in [-0.05, 0) is 35.0 Å². The minimum atomic E-state index is -3.77. The summed E-state index contributed by atoms with van der Waals surface area (Å²) in [4.78, 5) is 9.96. The van der Waals surface area contributed by atoms with Gasteiger partial charge in [0.25, 0.3) is 0 Å². The van der Waals surface area contributed by atoms with Crippen molar-refractivity contribution in [2.45, 2.75) is 12.8 Å². The third kappa shape index (κ3) is 4.87. The van der Waals surface area contributed by atoms with Crippen molar-refractivity contribution in [3.05, 3.63) is 34.1 Å². The summed E-state index contributed by atoms with van der Waals surface area (Å²) in [5.41, 5.74) is -0.920. The average Bonchev–Trinajstić information content (AvgIpc) is 2.32. The maximum absolute atomic E-state index is 13.0. The standard InChI is InChI=1S/C8H4BrF3O.C3H8O/c9-6-3-1-2-5(7(6)10)8(11,12)4-13;1-3-4-2/h1-4H;3H2,1-2H3. The zero-order chi connectivity index (χ0) is 13.5. The Labute approximate surface area is 106 Å².